The number of benzene rings is 2. The van der Waals surface area contributed by atoms with Crippen molar-refractivity contribution in [1.29, 1.82) is 0 Å². The molecule has 1 heterocycles. The third-order valence-corrected chi connectivity index (χ3v) is 2.43. The summed E-state index contributed by atoms with van der Waals surface area (Å²) in [5.74, 6) is -0.153. The summed E-state index contributed by atoms with van der Waals surface area (Å²) in [6, 6.07) is 16.3. The third kappa shape index (κ3) is 2.98. The Kier molecular flexibility index (Phi) is 3.76. The number of aromatic hydroxyl groups is 2. The predicted octanol–water partition coefficient (Wildman–Crippen LogP) is 3.33. The second kappa shape index (κ2) is 5.68. The van der Waals surface area contributed by atoms with Crippen molar-refractivity contribution in [3.63, 3.8) is 0 Å². The second-order valence-electron chi connectivity index (χ2n) is 3.71. The SMILES string of the molecule is Oc1ccccc1O.c1ccc2cnccc2c1. The van der Waals surface area contributed by atoms with Gasteiger partial charge in [-0.1, -0.05) is 36.4 Å². The molecule has 0 bridgehead atoms. The maximum Gasteiger partial charge on any atom is 0.157 e. The summed E-state index contributed by atoms with van der Waals surface area (Å²) in [6.45, 7) is 0. The van der Waals surface area contributed by atoms with Gasteiger partial charge in [-0.25, -0.2) is 0 Å². The zero-order valence-electron chi connectivity index (χ0n) is 9.69. The quantitative estimate of drug-likeness (QED) is 0.591. The van der Waals surface area contributed by atoms with Gasteiger partial charge in [0.25, 0.3) is 0 Å². The molecule has 3 nitrogen and oxygen atoms in total. The van der Waals surface area contributed by atoms with Gasteiger partial charge < -0.3 is 10.2 Å². The molecule has 18 heavy (non-hydrogen) atoms. The Morgan fingerprint density at radius 1 is 0.667 bits per heavy atom. The lowest BCUT2D eigenvalue weighted by molar-refractivity contribution is 0.404. The molecule has 3 rings (SSSR count). The van der Waals surface area contributed by atoms with Crippen LogP contribution in [-0.4, -0.2) is 15.2 Å². The van der Waals surface area contributed by atoms with Crippen molar-refractivity contribution >= 4 is 10.8 Å². The highest BCUT2D eigenvalue weighted by atomic mass is 16.3. The van der Waals surface area contributed by atoms with Crippen LogP contribution in [0, 0.1) is 0 Å². The predicted molar refractivity (Wildman–Crippen MR) is 71.5 cm³/mol. The van der Waals surface area contributed by atoms with E-state index in [0.29, 0.717) is 0 Å². The Morgan fingerprint density at radius 2 is 1.22 bits per heavy atom. The van der Waals surface area contributed by atoms with E-state index in [9.17, 15) is 0 Å². The zero-order chi connectivity index (χ0) is 12.8. The largest absolute Gasteiger partial charge is 0.504 e. The normalized spacial score (nSPS) is 9.56. The van der Waals surface area contributed by atoms with Gasteiger partial charge in [-0.3, -0.25) is 4.98 Å². The number of nitrogens with zero attached hydrogens (tertiary/aromatic N) is 1. The highest BCUT2D eigenvalue weighted by Crippen LogP contribution is 2.21. The van der Waals surface area contributed by atoms with Crippen molar-refractivity contribution in [2.24, 2.45) is 0 Å². The van der Waals surface area contributed by atoms with E-state index in [1.807, 2.05) is 30.6 Å². The van der Waals surface area contributed by atoms with Crippen molar-refractivity contribution in [3.05, 3.63) is 67.0 Å². The molecule has 0 aliphatic rings. The average molecular weight is 239 g/mol. The van der Waals surface area contributed by atoms with E-state index in [4.69, 9.17) is 10.2 Å². The summed E-state index contributed by atoms with van der Waals surface area (Å²) in [7, 11) is 0. The summed E-state index contributed by atoms with van der Waals surface area (Å²) in [4.78, 5) is 4.01. The fourth-order valence-electron chi connectivity index (χ4n) is 1.49. The first-order valence-corrected chi connectivity index (χ1v) is 5.53. The molecule has 0 atom stereocenters. The van der Waals surface area contributed by atoms with Gasteiger partial charge in [0.15, 0.2) is 11.5 Å². The van der Waals surface area contributed by atoms with Crippen LogP contribution in [0.2, 0.25) is 0 Å². The fourth-order valence-corrected chi connectivity index (χ4v) is 1.49. The number of phenols is 2. The van der Waals surface area contributed by atoms with Gasteiger partial charge in [0.2, 0.25) is 0 Å². The van der Waals surface area contributed by atoms with Crippen LogP contribution in [0.5, 0.6) is 11.5 Å². The molecule has 0 amide bonds. The number of rotatable bonds is 0. The van der Waals surface area contributed by atoms with Crippen LogP contribution in [0.3, 0.4) is 0 Å². The summed E-state index contributed by atoms with van der Waals surface area (Å²) in [5.41, 5.74) is 0. The molecule has 90 valence electrons. The molecule has 0 saturated heterocycles. The summed E-state index contributed by atoms with van der Waals surface area (Å²) < 4.78 is 0. The van der Waals surface area contributed by atoms with Crippen LogP contribution in [0.15, 0.2) is 67.0 Å². The standard InChI is InChI=1S/C9H7N.C6H6O2/c1-2-4-9-7-10-6-5-8(9)3-1;7-5-3-1-2-4-6(5)8/h1-7H;1-4,7-8H. The number of phenolic OH excluding ortho intramolecular Hbond substituents is 2. The molecule has 0 unspecified atom stereocenters. The first kappa shape index (κ1) is 11.9. The van der Waals surface area contributed by atoms with Crippen LogP contribution in [0.4, 0.5) is 0 Å². The van der Waals surface area contributed by atoms with E-state index >= 15 is 0 Å². The van der Waals surface area contributed by atoms with Gasteiger partial charge in [0, 0.05) is 12.4 Å². The molecule has 0 aliphatic carbocycles. The van der Waals surface area contributed by atoms with Crippen molar-refractivity contribution in [2.75, 3.05) is 0 Å². The number of hydrogen-bond donors (Lipinski definition) is 2. The van der Waals surface area contributed by atoms with Crippen molar-refractivity contribution in [1.82, 2.24) is 4.98 Å². The van der Waals surface area contributed by atoms with E-state index in [1.54, 1.807) is 12.1 Å². The molecule has 3 heteroatoms. The van der Waals surface area contributed by atoms with Crippen molar-refractivity contribution in [3.8, 4) is 11.5 Å². The van der Waals surface area contributed by atoms with E-state index in [0.717, 1.165) is 0 Å². The lowest BCUT2D eigenvalue weighted by Gasteiger charge is -1.91. The molecule has 0 radical (unpaired) electrons. The van der Waals surface area contributed by atoms with E-state index in [2.05, 4.69) is 17.1 Å². The molecule has 0 spiro atoms. The minimum atomic E-state index is -0.0764. The highest BCUT2D eigenvalue weighted by Gasteiger charge is 1.90. The van der Waals surface area contributed by atoms with Gasteiger partial charge in [-0.05, 0) is 29.0 Å². The maximum atomic E-state index is 8.67. The smallest absolute Gasteiger partial charge is 0.157 e. The second-order valence-corrected chi connectivity index (χ2v) is 3.71. The lowest BCUT2D eigenvalue weighted by atomic mass is 10.2. The van der Waals surface area contributed by atoms with Crippen LogP contribution in [0.25, 0.3) is 10.8 Å². The summed E-state index contributed by atoms with van der Waals surface area (Å²) >= 11 is 0. The topological polar surface area (TPSA) is 53.4 Å². The van der Waals surface area contributed by atoms with E-state index < -0.39 is 0 Å². The molecule has 1 aromatic heterocycles. The van der Waals surface area contributed by atoms with Gasteiger partial charge in [-0.2, -0.15) is 0 Å². The molecule has 0 fully saturated rings. The van der Waals surface area contributed by atoms with Crippen molar-refractivity contribution in [2.45, 2.75) is 0 Å². The Morgan fingerprint density at radius 3 is 1.78 bits per heavy atom. The van der Waals surface area contributed by atoms with Crippen LogP contribution < -0.4 is 0 Å². The first-order valence-electron chi connectivity index (χ1n) is 5.53. The molecule has 3 aromatic rings. The summed E-state index contributed by atoms with van der Waals surface area (Å²) in [5, 5.41) is 19.8. The monoisotopic (exact) mass is 239 g/mol. The molecular formula is C15H13NO2. The van der Waals surface area contributed by atoms with Gasteiger partial charge in [0.05, 0.1) is 0 Å². The fraction of sp³-hybridized carbons (Fsp3) is 0. The number of para-hydroxylation sites is 2. The number of hydrogen-bond acceptors (Lipinski definition) is 3. The van der Waals surface area contributed by atoms with E-state index in [-0.39, 0.29) is 11.5 Å². The van der Waals surface area contributed by atoms with Gasteiger partial charge in [-0.15, -0.1) is 0 Å². The average Bonchev–Trinajstić information content (AvgIpc) is 2.43. The molecule has 0 aliphatic heterocycles. The Balaban J connectivity index is 0.000000138. The van der Waals surface area contributed by atoms with Crippen LogP contribution >= 0.6 is 0 Å². The highest BCUT2D eigenvalue weighted by molar-refractivity contribution is 5.80. The lowest BCUT2D eigenvalue weighted by Crippen LogP contribution is -1.71. The van der Waals surface area contributed by atoms with Crippen LogP contribution in [0.1, 0.15) is 0 Å². The molecule has 2 aromatic carbocycles. The van der Waals surface area contributed by atoms with Crippen molar-refractivity contribution < 1.29 is 10.2 Å². The summed E-state index contributed by atoms with van der Waals surface area (Å²) in [6.07, 6.45) is 3.68. The third-order valence-electron chi connectivity index (χ3n) is 2.43. The Bertz CT molecular complexity index is 551. The Hall–Kier alpha value is -2.55. The van der Waals surface area contributed by atoms with Gasteiger partial charge in [0.1, 0.15) is 0 Å². The number of fused-ring (bicyclic) bond motifs is 1. The number of pyridine rings is 1. The maximum absolute atomic E-state index is 8.67. The Labute approximate surface area is 105 Å². The molecule has 2 N–H and O–H groups in total. The van der Waals surface area contributed by atoms with Crippen LogP contribution in [-0.2, 0) is 0 Å². The van der Waals surface area contributed by atoms with E-state index in [1.165, 1.54) is 22.9 Å². The zero-order valence-corrected chi connectivity index (χ0v) is 9.69. The number of aromatic nitrogens is 1. The first-order chi connectivity index (χ1) is 8.77. The minimum absolute atomic E-state index is 0.0764. The van der Waals surface area contributed by atoms with Gasteiger partial charge >= 0.3 is 0 Å². The molecule has 0 saturated carbocycles. The minimum Gasteiger partial charge on any atom is -0.504 e. The molecular weight excluding hydrogens is 226 g/mol.